The maximum absolute atomic E-state index is 15.2. The Balaban J connectivity index is 1.72. The number of hydrogen-bond donors (Lipinski definition) is 2. The highest BCUT2D eigenvalue weighted by Gasteiger charge is 2.23. The summed E-state index contributed by atoms with van der Waals surface area (Å²) in [5.74, 6) is -0.839. The van der Waals surface area contributed by atoms with Gasteiger partial charge in [0.1, 0.15) is 11.4 Å². The van der Waals surface area contributed by atoms with Crippen LogP contribution in [-0.4, -0.2) is 65.7 Å². The monoisotopic (exact) mass is 417 g/mol. The summed E-state index contributed by atoms with van der Waals surface area (Å²) in [4.78, 5) is 30.7. The highest BCUT2D eigenvalue weighted by atomic mass is 19.1. The maximum Gasteiger partial charge on any atom is 0.409 e. The van der Waals surface area contributed by atoms with Crippen LogP contribution < -0.4 is 10.4 Å². The van der Waals surface area contributed by atoms with Crippen molar-refractivity contribution in [3.05, 3.63) is 47.4 Å². The molecule has 0 spiro atoms. The largest absolute Gasteiger partial charge is 0.492 e. The topological polar surface area (TPSA) is 98.2 Å². The van der Waals surface area contributed by atoms with Crippen molar-refractivity contribution < 1.29 is 23.8 Å². The van der Waals surface area contributed by atoms with Gasteiger partial charge in [0.25, 0.3) is 0 Å². The summed E-state index contributed by atoms with van der Waals surface area (Å²) in [5.41, 5.74) is 3.90. The number of nitrogens with one attached hydrogen (secondary N) is 1. The van der Waals surface area contributed by atoms with Gasteiger partial charge in [0.15, 0.2) is 5.82 Å². The van der Waals surface area contributed by atoms with Crippen molar-refractivity contribution in [3.8, 4) is 5.88 Å². The third kappa shape index (κ3) is 4.77. The summed E-state index contributed by atoms with van der Waals surface area (Å²) in [5, 5.41) is 10.9. The van der Waals surface area contributed by atoms with Crippen molar-refractivity contribution in [1.29, 1.82) is 0 Å². The molecule has 0 unspecified atom stereocenters. The number of rotatable bonds is 6. The van der Waals surface area contributed by atoms with Gasteiger partial charge in [-0.05, 0) is 25.1 Å². The number of aromatic nitrogens is 1. The molecule has 0 aliphatic carbocycles. The molecule has 1 aromatic carbocycles. The van der Waals surface area contributed by atoms with Crippen LogP contribution in [0.3, 0.4) is 0 Å². The second kappa shape index (κ2) is 9.40. The van der Waals surface area contributed by atoms with E-state index in [2.05, 4.69) is 10.4 Å². The number of hydrogen-bond acceptors (Lipinski definition) is 7. The van der Waals surface area contributed by atoms with Crippen molar-refractivity contribution in [3.63, 3.8) is 0 Å². The van der Waals surface area contributed by atoms with Gasteiger partial charge in [-0.25, -0.2) is 19.2 Å². The number of anilines is 2. The molecule has 2 heterocycles. The van der Waals surface area contributed by atoms with Gasteiger partial charge in [0.2, 0.25) is 12.3 Å². The number of hydrazine groups is 1. The van der Waals surface area contributed by atoms with E-state index >= 15 is 4.39 Å². The van der Waals surface area contributed by atoms with Gasteiger partial charge in [0, 0.05) is 44.0 Å². The summed E-state index contributed by atoms with van der Waals surface area (Å²) >= 11 is 0. The number of methoxy groups -OCH3 is 1. The smallest absolute Gasteiger partial charge is 0.409 e. The fourth-order valence-corrected chi connectivity index (χ4v) is 3.24. The van der Waals surface area contributed by atoms with E-state index in [0.29, 0.717) is 50.4 Å². The zero-order valence-corrected chi connectivity index (χ0v) is 16.8. The SMILES string of the molecule is COC(=O)N1CCN(Cc2cccc(N(C=O)Nc3ccc(C)nc3O)c2F)CC1. The quantitative estimate of drug-likeness (QED) is 0.549. The molecule has 30 heavy (non-hydrogen) atoms. The Morgan fingerprint density at radius 3 is 2.67 bits per heavy atom. The fraction of sp³-hybridized carbons (Fsp3) is 0.350. The number of amides is 2. The van der Waals surface area contributed by atoms with Crippen LogP contribution in [0, 0.1) is 12.7 Å². The summed E-state index contributed by atoms with van der Waals surface area (Å²) in [6.45, 7) is 4.20. The molecule has 1 saturated heterocycles. The molecular formula is C20H24FN5O4. The molecule has 9 nitrogen and oxygen atoms in total. The number of piperazine rings is 1. The predicted octanol–water partition coefficient (Wildman–Crippen LogP) is 2.11. The van der Waals surface area contributed by atoms with E-state index in [1.807, 2.05) is 4.90 Å². The van der Waals surface area contributed by atoms with Crippen LogP contribution >= 0.6 is 0 Å². The third-order valence-electron chi connectivity index (χ3n) is 4.88. The first-order valence-electron chi connectivity index (χ1n) is 9.43. The van der Waals surface area contributed by atoms with E-state index in [1.165, 1.54) is 13.2 Å². The molecule has 0 radical (unpaired) electrons. The highest BCUT2D eigenvalue weighted by molar-refractivity contribution is 5.80. The Labute approximate surface area is 173 Å². The number of pyridine rings is 1. The summed E-state index contributed by atoms with van der Waals surface area (Å²) in [6, 6.07) is 7.99. The molecule has 1 aliphatic rings. The normalized spacial score (nSPS) is 14.3. The first-order chi connectivity index (χ1) is 14.4. The third-order valence-corrected chi connectivity index (χ3v) is 4.88. The molecule has 0 saturated carbocycles. The second-order valence-corrected chi connectivity index (χ2v) is 6.89. The lowest BCUT2D eigenvalue weighted by atomic mass is 10.1. The Morgan fingerprint density at radius 2 is 2.03 bits per heavy atom. The van der Waals surface area contributed by atoms with Crippen molar-refractivity contribution in [2.24, 2.45) is 0 Å². The molecule has 2 aromatic rings. The van der Waals surface area contributed by atoms with Crippen LogP contribution in [0.4, 0.5) is 20.6 Å². The Morgan fingerprint density at radius 1 is 1.30 bits per heavy atom. The molecule has 3 rings (SSSR count). The molecule has 0 atom stereocenters. The lowest BCUT2D eigenvalue weighted by Crippen LogP contribution is -2.48. The summed E-state index contributed by atoms with van der Waals surface area (Å²) in [6.07, 6.45) is 0.0563. The molecule has 1 fully saturated rings. The average molecular weight is 417 g/mol. The van der Waals surface area contributed by atoms with Crippen molar-refractivity contribution in [1.82, 2.24) is 14.8 Å². The number of aryl methyl sites for hydroxylation is 1. The first kappa shape index (κ1) is 21.3. The summed E-state index contributed by atoms with van der Waals surface area (Å²) in [7, 11) is 1.34. The standard InChI is InChI=1S/C20H24FN5O4/c1-14-6-7-16(19(28)22-14)23-26(13-27)17-5-3-4-15(18(17)21)12-24-8-10-25(11-9-24)20(29)30-2/h3-7,13,23H,8-12H2,1-2H3,(H,22,28). The van der Waals surface area contributed by atoms with Gasteiger partial charge >= 0.3 is 6.09 Å². The van der Waals surface area contributed by atoms with E-state index in [0.717, 1.165) is 5.01 Å². The number of nitrogens with zero attached hydrogens (tertiary/aromatic N) is 4. The molecule has 2 N–H and O–H groups in total. The molecular weight excluding hydrogens is 393 g/mol. The van der Waals surface area contributed by atoms with Crippen LogP contribution in [0.25, 0.3) is 0 Å². The Hall–Kier alpha value is -3.40. The average Bonchev–Trinajstić information content (AvgIpc) is 2.75. The zero-order chi connectivity index (χ0) is 21.7. The fourth-order valence-electron chi connectivity index (χ4n) is 3.24. The van der Waals surface area contributed by atoms with Gasteiger partial charge in [0.05, 0.1) is 7.11 Å². The second-order valence-electron chi connectivity index (χ2n) is 6.89. The van der Waals surface area contributed by atoms with E-state index in [4.69, 9.17) is 4.74 Å². The van der Waals surface area contributed by atoms with Gasteiger partial charge in [-0.2, -0.15) is 0 Å². The van der Waals surface area contributed by atoms with Gasteiger partial charge in [-0.1, -0.05) is 12.1 Å². The number of aromatic hydroxyl groups is 1. The minimum atomic E-state index is -0.549. The van der Waals surface area contributed by atoms with Gasteiger partial charge in [-0.15, -0.1) is 0 Å². The summed E-state index contributed by atoms with van der Waals surface area (Å²) < 4.78 is 19.9. The van der Waals surface area contributed by atoms with Crippen LogP contribution in [0.1, 0.15) is 11.3 Å². The van der Waals surface area contributed by atoms with Crippen molar-refractivity contribution in [2.75, 3.05) is 43.7 Å². The number of ether oxygens (including phenoxy) is 1. The highest BCUT2D eigenvalue weighted by Crippen LogP contribution is 2.26. The van der Waals surface area contributed by atoms with Gasteiger partial charge < -0.3 is 14.7 Å². The lowest BCUT2D eigenvalue weighted by molar-refractivity contribution is -0.107. The van der Waals surface area contributed by atoms with Gasteiger partial charge in [-0.3, -0.25) is 15.1 Å². The van der Waals surface area contributed by atoms with Crippen LogP contribution in [-0.2, 0) is 16.1 Å². The minimum Gasteiger partial charge on any atom is -0.492 e. The number of carbonyl (C=O) groups is 2. The zero-order valence-electron chi connectivity index (χ0n) is 16.8. The number of halogens is 1. The first-order valence-corrected chi connectivity index (χ1v) is 9.43. The van der Waals surface area contributed by atoms with E-state index in [9.17, 15) is 14.7 Å². The van der Waals surface area contributed by atoms with E-state index in [1.54, 1.807) is 36.1 Å². The maximum atomic E-state index is 15.2. The number of carbonyl (C=O) groups excluding carboxylic acids is 2. The molecule has 10 heteroatoms. The molecule has 0 bridgehead atoms. The molecule has 2 amide bonds. The van der Waals surface area contributed by atoms with Crippen LogP contribution in [0.15, 0.2) is 30.3 Å². The molecule has 160 valence electrons. The number of benzene rings is 1. The molecule has 1 aliphatic heterocycles. The Kier molecular flexibility index (Phi) is 6.68. The van der Waals surface area contributed by atoms with Crippen molar-refractivity contribution in [2.45, 2.75) is 13.5 Å². The molecule has 1 aromatic heterocycles. The Bertz CT molecular complexity index is 918. The van der Waals surface area contributed by atoms with E-state index in [-0.39, 0.29) is 23.3 Å². The predicted molar refractivity (Wildman–Crippen MR) is 108 cm³/mol. The lowest BCUT2D eigenvalue weighted by Gasteiger charge is -2.34. The van der Waals surface area contributed by atoms with Crippen LogP contribution in [0.2, 0.25) is 0 Å². The minimum absolute atomic E-state index is 0.0238. The van der Waals surface area contributed by atoms with Crippen LogP contribution in [0.5, 0.6) is 5.88 Å². The van der Waals surface area contributed by atoms with E-state index < -0.39 is 5.82 Å². The van der Waals surface area contributed by atoms with Crippen molar-refractivity contribution >= 4 is 23.9 Å².